The van der Waals surface area contributed by atoms with Crippen LogP contribution in [0.1, 0.15) is 11.1 Å². The third-order valence-corrected chi connectivity index (χ3v) is 5.93. The molecule has 3 rings (SSSR count). The first-order valence-corrected chi connectivity index (χ1v) is 11.1. The number of rotatable bonds is 7. The molecule has 2 heterocycles. The Morgan fingerprint density at radius 3 is 2.72 bits per heavy atom. The maximum Gasteiger partial charge on any atom is 0.231 e. The lowest BCUT2D eigenvalue weighted by Crippen LogP contribution is -2.28. The third-order valence-electron chi connectivity index (χ3n) is 4.35. The number of amides is 1. The van der Waals surface area contributed by atoms with Crippen LogP contribution in [0.3, 0.4) is 0 Å². The Labute approximate surface area is 178 Å². The van der Waals surface area contributed by atoms with E-state index in [-0.39, 0.29) is 12.3 Å². The normalized spacial score (nSPS) is 14.9. The van der Waals surface area contributed by atoms with Crippen LogP contribution in [-0.4, -0.2) is 60.7 Å². The highest BCUT2D eigenvalue weighted by molar-refractivity contribution is 8.03. The molecule has 0 unspecified atom stereocenters. The van der Waals surface area contributed by atoms with Crippen molar-refractivity contribution in [1.82, 2.24) is 14.9 Å². The van der Waals surface area contributed by atoms with Crippen LogP contribution < -0.4 is 14.2 Å². The summed E-state index contributed by atoms with van der Waals surface area (Å²) in [5, 5.41) is 1.51. The van der Waals surface area contributed by atoms with Crippen molar-refractivity contribution in [3.05, 3.63) is 40.6 Å². The molecule has 154 valence electrons. The summed E-state index contributed by atoms with van der Waals surface area (Å²) in [7, 11) is 4.75. The zero-order valence-corrected chi connectivity index (χ0v) is 18.4. The van der Waals surface area contributed by atoms with Crippen molar-refractivity contribution in [2.45, 2.75) is 11.6 Å². The van der Waals surface area contributed by atoms with Gasteiger partial charge < -0.3 is 19.1 Å². The lowest BCUT2D eigenvalue weighted by molar-refractivity contribution is -0.127. The molecule has 1 aliphatic rings. The average molecular weight is 434 g/mol. The number of carbonyl (C=O) groups excluding carboxylic acids is 1. The molecule has 2 aromatic rings. The molecule has 1 amide bonds. The highest BCUT2D eigenvalue weighted by atomic mass is 32.2. The Morgan fingerprint density at radius 2 is 2.03 bits per heavy atom. The summed E-state index contributed by atoms with van der Waals surface area (Å²) >= 11 is 3.08. The minimum Gasteiger partial charge on any atom is -0.493 e. The fourth-order valence-corrected chi connectivity index (χ4v) is 4.29. The Balaban J connectivity index is 1.80. The van der Waals surface area contributed by atoms with E-state index in [2.05, 4.69) is 9.97 Å². The number of nitrogens with zero attached hydrogens (tertiary/aromatic N) is 3. The fraction of sp³-hybridized carbons (Fsp3) is 0.350. The Kier molecular flexibility index (Phi) is 7.27. The standard InChI is InChI=1S/C20H23N3O4S2/c1-25-15-6-5-13(9-16(15)26-2)10-17(24)23-7-8-29-18(23)11-14-12-21-20(28-4)22-19(14)27-3/h5-6,9,11-12H,7-8,10H2,1-4H3/b18-11+. The van der Waals surface area contributed by atoms with Crippen molar-refractivity contribution in [2.24, 2.45) is 0 Å². The number of thioether (sulfide) groups is 2. The zero-order valence-electron chi connectivity index (χ0n) is 16.8. The number of carbonyl (C=O) groups is 1. The number of aromatic nitrogens is 2. The van der Waals surface area contributed by atoms with Crippen LogP contribution in [0.5, 0.6) is 17.4 Å². The van der Waals surface area contributed by atoms with E-state index in [0.717, 1.165) is 21.9 Å². The Hall–Kier alpha value is -2.39. The molecule has 0 atom stereocenters. The summed E-state index contributed by atoms with van der Waals surface area (Å²) in [6.07, 6.45) is 5.82. The van der Waals surface area contributed by atoms with Gasteiger partial charge in [0.2, 0.25) is 11.8 Å². The van der Waals surface area contributed by atoms with Crippen molar-refractivity contribution >= 4 is 35.5 Å². The van der Waals surface area contributed by atoms with Gasteiger partial charge in [0.05, 0.1) is 38.3 Å². The van der Waals surface area contributed by atoms with Gasteiger partial charge in [-0.1, -0.05) is 17.8 Å². The molecule has 0 N–H and O–H groups in total. The molecule has 1 aliphatic heterocycles. The largest absolute Gasteiger partial charge is 0.493 e. The molecule has 0 spiro atoms. The molecule has 1 aromatic carbocycles. The average Bonchev–Trinajstić information content (AvgIpc) is 3.22. The SMILES string of the molecule is COc1ccc(CC(=O)N2CCS/C2=C/c2cnc(SC)nc2OC)cc1OC. The van der Waals surface area contributed by atoms with Crippen LogP contribution in [0, 0.1) is 0 Å². The lowest BCUT2D eigenvalue weighted by atomic mass is 10.1. The van der Waals surface area contributed by atoms with Gasteiger partial charge in [0.1, 0.15) is 0 Å². The van der Waals surface area contributed by atoms with Crippen molar-refractivity contribution in [2.75, 3.05) is 39.9 Å². The van der Waals surface area contributed by atoms with E-state index in [4.69, 9.17) is 14.2 Å². The van der Waals surface area contributed by atoms with E-state index in [1.165, 1.54) is 11.8 Å². The molecule has 7 nitrogen and oxygen atoms in total. The molecule has 1 aromatic heterocycles. The Bertz CT molecular complexity index is 921. The number of hydrogen-bond donors (Lipinski definition) is 0. The maximum atomic E-state index is 13.0. The van der Waals surface area contributed by atoms with Crippen molar-refractivity contribution in [3.63, 3.8) is 0 Å². The van der Waals surface area contributed by atoms with Gasteiger partial charge in [-0.3, -0.25) is 4.79 Å². The number of ether oxygens (including phenoxy) is 3. The van der Waals surface area contributed by atoms with E-state index in [1.807, 2.05) is 30.5 Å². The smallest absolute Gasteiger partial charge is 0.231 e. The van der Waals surface area contributed by atoms with Crippen molar-refractivity contribution in [1.29, 1.82) is 0 Å². The van der Waals surface area contributed by atoms with Crippen LogP contribution >= 0.6 is 23.5 Å². The first-order valence-electron chi connectivity index (χ1n) is 8.90. The van der Waals surface area contributed by atoms with Crippen molar-refractivity contribution < 1.29 is 19.0 Å². The Morgan fingerprint density at radius 1 is 1.24 bits per heavy atom. The monoisotopic (exact) mass is 433 g/mol. The van der Waals surface area contributed by atoms with Gasteiger partial charge in [-0.15, -0.1) is 11.8 Å². The zero-order chi connectivity index (χ0) is 20.8. The molecule has 0 radical (unpaired) electrons. The molecule has 0 bridgehead atoms. The predicted molar refractivity (Wildman–Crippen MR) is 116 cm³/mol. The molecular formula is C20H23N3O4S2. The lowest BCUT2D eigenvalue weighted by Gasteiger charge is -2.18. The summed E-state index contributed by atoms with van der Waals surface area (Å²) < 4.78 is 16.0. The highest BCUT2D eigenvalue weighted by Gasteiger charge is 2.25. The van der Waals surface area contributed by atoms with Gasteiger partial charge in [-0.25, -0.2) is 4.98 Å². The second-order valence-electron chi connectivity index (χ2n) is 6.06. The number of methoxy groups -OCH3 is 3. The van der Waals surface area contributed by atoms with E-state index in [0.29, 0.717) is 29.1 Å². The van der Waals surface area contributed by atoms with Crippen LogP contribution in [0.4, 0.5) is 0 Å². The van der Waals surface area contributed by atoms with Gasteiger partial charge in [0.15, 0.2) is 16.7 Å². The second kappa shape index (κ2) is 9.89. The van der Waals surface area contributed by atoms with Gasteiger partial charge in [0.25, 0.3) is 0 Å². The molecule has 0 aliphatic carbocycles. The summed E-state index contributed by atoms with van der Waals surface area (Å²) in [5.74, 6) is 2.61. The van der Waals surface area contributed by atoms with Crippen LogP contribution in [0.2, 0.25) is 0 Å². The quantitative estimate of drug-likeness (QED) is 0.486. The van der Waals surface area contributed by atoms with E-state index in [9.17, 15) is 4.79 Å². The van der Waals surface area contributed by atoms with Gasteiger partial charge in [0, 0.05) is 18.5 Å². The second-order valence-corrected chi connectivity index (χ2v) is 7.95. The van der Waals surface area contributed by atoms with Gasteiger partial charge >= 0.3 is 0 Å². The molecule has 9 heteroatoms. The summed E-state index contributed by atoms with van der Waals surface area (Å²) in [6.45, 7) is 0.661. The third kappa shape index (κ3) is 4.97. The molecule has 1 saturated heterocycles. The molecule has 0 saturated carbocycles. The first-order chi connectivity index (χ1) is 14.1. The molecule has 1 fully saturated rings. The van der Waals surface area contributed by atoms with Crippen LogP contribution in [0.15, 0.2) is 34.6 Å². The fourth-order valence-electron chi connectivity index (χ4n) is 2.91. The van der Waals surface area contributed by atoms with Crippen molar-refractivity contribution in [3.8, 4) is 17.4 Å². The summed E-state index contributed by atoms with van der Waals surface area (Å²) in [6, 6.07) is 5.53. The maximum absolute atomic E-state index is 13.0. The highest BCUT2D eigenvalue weighted by Crippen LogP contribution is 2.33. The minimum absolute atomic E-state index is 0.0223. The van der Waals surface area contributed by atoms with E-state index >= 15 is 0 Å². The van der Waals surface area contributed by atoms with Crippen LogP contribution in [-0.2, 0) is 11.2 Å². The van der Waals surface area contributed by atoms with Crippen LogP contribution in [0.25, 0.3) is 6.08 Å². The molecule has 29 heavy (non-hydrogen) atoms. The number of hydrogen-bond acceptors (Lipinski definition) is 8. The minimum atomic E-state index is 0.0223. The van der Waals surface area contributed by atoms with Gasteiger partial charge in [-0.2, -0.15) is 4.98 Å². The summed E-state index contributed by atoms with van der Waals surface area (Å²) in [5.41, 5.74) is 1.62. The summed E-state index contributed by atoms with van der Waals surface area (Å²) in [4.78, 5) is 23.4. The van der Waals surface area contributed by atoms with Gasteiger partial charge in [-0.05, 0) is 30.0 Å². The predicted octanol–water partition coefficient (Wildman–Crippen LogP) is 3.34. The number of benzene rings is 1. The molecular weight excluding hydrogens is 410 g/mol. The topological polar surface area (TPSA) is 73.8 Å². The van der Waals surface area contributed by atoms with E-state index in [1.54, 1.807) is 44.2 Å². The first kappa shape index (κ1) is 21.3. The van der Waals surface area contributed by atoms with E-state index < -0.39 is 0 Å².